The van der Waals surface area contributed by atoms with Gasteiger partial charge in [0.15, 0.2) is 5.43 Å². The third-order valence-corrected chi connectivity index (χ3v) is 6.62. The molecule has 2 N–H and O–H groups in total. The van der Waals surface area contributed by atoms with E-state index in [0.29, 0.717) is 6.20 Å². The molecule has 4 atom stereocenters. The Kier molecular flexibility index (Phi) is 4.96. The second-order valence-corrected chi connectivity index (χ2v) is 9.20. The van der Waals surface area contributed by atoms with Crippen molar-refractivity contribution in [3.05, 3.63) is 34.2 Å². The highest BCUT2D eigenvalue weighted by atomic mass is 32.2. The number of carbonyl (C=O) groups excluding carboxylic acids is 2. The zero-order valence-electron chi connectivity index (χ0n) is 15.6. The van der Waals surface area contributed by atoms with Crippen molar-refractivity contribution in [3.63, 3.8) is 0 Å². The zero-order valence-corrected chi connectivity index (χ0v) is 16.4. The predicted molar refractivity (Wildman–Crippen MR) is 96.1 cm³/mol. The minimum absolute atomic E-state index is 0.551. The number of alkyl halides is 3. The summed E-state index contributed by atoms with van der Waals surface area (Å²) in [4.78, 5) is 49.0. The van der Waals surface area contributed by atoms with Crippen LogP contribution in [0.25, 0.3) is 0 Å². The minimum atomic E-state index is -4.86. The maximum absolute atomic E-state index is 12.9. The number of hydrogen-bond donors (Lipinski definition) is 2. The van der Waals surface area contributed by atoms with Crippen LogP contribution < -0.4 is 10.7 Å². The van der Waals surface area contributed by atoms with Gasteiger partial charge >= 0.3 is 12.1 Å². The molecule has 12 heteroatoms. The number of aliphatic carboxylic acids is 1. The summed E-state index contributed by atoms with van der Waals surface area (Å²) >= 11 is 1.24. The van der Waals surface area contributed by atoms with Crippen LogP contribution in [0.1, 0.15) is 32.4 Å². The van der Waals surface area contributed by atoms with E-state index in [-0.39, 0.29) is 0 Å². The van der Waals surface area contributed by atoms with Crippen molar-refractivity contribution in [3.8, 4) is 0 Å². The molecular weight excluding hydrogens is 415 g/mol. The Morgan fingerprint density at radius 1 is 1.31 bits per heavy atom. The first-order valence-corrected chi connectivity index (χ1v) is 9.46. The average Bonchev–Trinajstić information content (AvgIpc) is 2.86. The third-order valence-electron chi connectivity index (χ3n) is 5.05. The summed E-state index contributed by atoms with van der Waals surface area (Å²) in [7, 11) is 0. The van der Waals surface area contributed by atoms with E-state index in [9.17, 15) is 37.5 Å². The number of nitrogens with one attached hydrogen (secondary N) is 1. The fourth-order valence-corrected chi connectivity index (χ4v) is 5.13. The van der Waals surface area contributed by atoms with Crippen molar-refractivity contribution >= 4 is 29.5 Å². The van der Waals surface area contributed by atoms with Gasteiger partial charge in [-0.3, -0.25) is 14.4 Å². The van der Waals surface area contributed by atoms with E-state index in [1.807, 2.05) is 0 Å². The number of thioether (sulfide) groups is 1. The van der Waals surface area contributed by atoms with E-state index in [1.54, 1.807) is 13.8 Å². The van der Waals surface area contributed by atoms with Crippen molar-refractivity contribution in [2.24, 2.45) is 0 Å². The highest BCUT2D eigenvalue weighted by molar-refractivity contribution is 8.01. The summed E-state index contributed by atoms with van der Waals surface area (Å²) < 4.78 is 38.9. The van der Waals surface area contributed by atoms with Gasteiger partial charge in [-0.2, -0.15) is 13.2 Å². The molecule has 2 fully saturated rings. The molecule has 3 rings (SSSR count). The lowest BCUT2D eigenvalue weighted by atomic mass is 9.96. The molecule has 2 aliphatic rings. The van der Waals surface area contributed by atoms with E-state index in [0.717, 1.165) is 16.8 Å². The number of fused-ring (bicyclic) bond motifs is 1. The molecule has 1 aromatic heterocycles. The molecule has 1 unspecified atom stereocenters. The van der Waals surface area contributed by atoms with Gasteiger partial charge in [-0.15, -0.1) is 11.8 Å². The Balaban J connectivity index is 1.76. The molecule has 0 saturated carbocycles. The first-order valence-electron chi connectivity index (χ1n) is 8.58. The first kappa shape index (κ1) is 21.2. The van der Waals surface area contributed by atoms with Crippen LogP contribution in [0.2, 0.25) is 0 Å². The largest absolute Gasteiger partial charge is 0.480 e. The van der Waals surface area contributed by atoms with Crippen LogP contribution in [0, 0.1) is 0 Å². The average molecular weight is 433 g/mol. The molecule has 2 saturated heterocycles. The number of β-lactam (4-membered cyclic amide) rings is 1. The number of pyridine rings is 1. The minimum Gasteiger partial charge on any atom is -0.480 e. The van der Waals surface area contributed by atoms with E-state index >= 15 is 0 Å². The number of carboxylic acid groups (broad SMARTS) is 1. The first-order chi connectivity index (χ1) is 13.3. The van der Waals surface area contributed by atoms with E-state index in [4.69, 9.17) is 0 Å². The molecular formula is C17H18F3N3O5S. The van der Waals surface area contributed by atoms with Crippen LogP contribution in [0.5, 0.6) is 0 Å². The van der Waals surface area contributed by atoms with Crippen LogP contribution in [0.15, 0.2) is 23.3 Å². The highest BCUT2D eigenvalue weighted by Gasteiger charge is 2.64. The van der Waals surface area contributed by atoms with Crippen molar-refractivity contribution < 1.29 is 32.7 Å². The normalized spacial score (nSPS) is 26.5. The van der Waals surface area contributed by atoms with Crippen molar-refractivity contribution in [1.29, 1.82) is 0 Å². The second-order valence-electron chi connectivity index (χ2n) is 7.43. The summed E-state index contributed by atoms with van der Waals surface area (Å²) in [5.41, 5.74) is -2.61. The number of carbonyl (C=O) groups is 3. The lowest BCUT2D eigenvalue weighted by Gasteiger charge is -2.43. The maximum atomic E-state index is 12.9. The molecule has 1 aromatic rings. The van der Waals surface area contributed by atoms with Crippen LogP contribution in [0.4, 0.5) is 13.2 Å². The fourth-order valence-electron chi connectivity index (χ4n) is 3.51. The molecule has 0 radical (unpaired) electrons. The molecule has 0 aliphatic carbocycles. The summed E-state index contributed by atoms with van der Waals surface area (Å²) in [6.45, 7) is 4.69. The molecule has 158 valence electrons. The molecule has 3 heterocycles. The number of nitrogens with zero attached hydrogens (tertiary/aromatic N) is 2. The monoisotopic (exact) mass is 433 g/mol. The second kappa shape index (κ2) is 6.78. The molecule has 0 aromatic carbocycles. The van der Waals surface area contributed by atoms with E-state index in [2.05, 4.69) is 5.32 Å². The Labute approximate surface area is 167 Å². The van der Waals surface area contributed by atoms with Gasteiger partial charge in [-0.25, -0.2) is 4.79 Å². The highest BCUT2D eigenvalue weighted by Crippen LogP contribution is 2.50. The summed E-state index contributed by atoms with van der Waals surface area (Å²) in [5.74, 6) is -2.43. The molecule has 8 nitrogen and oxygen atoms in total. The Hall–Kier alpha value is -2.50. The molecule has 29 heavy (non-hydrogen) atoms. The summed E-state index contributed by atoms with van der Waals surface area (Å²) in [5, 5.41) is 11.3. The Morgan fingerprint density at radius 3 is 2.48 bits per heavy atom. The molecule has 0 bridgehead atoms. The Bertz CT molecular complexity index is 945. The molecule has 0 spiro atoms. The van der Waals surface area contributed by atoms with Crippen LogP contribution >= 0.6 is 11.8 Å². The standard InChI is InChI=1S/C17H18F3N3O5S/c1-7(22-5-4-9(24)8(6-22)17(18,19)20)12(25)21-10-13(26)23-11(15(27)28)16(2,3)29-14(10)23/h4-7,10-11,14H,1-3H3,(H,21,25)(H,27,28)/t7?,10-,11+,14-/m1/s1. The number of amides is 2. The number of halogens is 3. The Morgan fingerprint density at radius 2 is 1.93 bits per heavy atom. The van der Waals surface area contributed by atoms with E-state index < -0.39 is 63.2 Å². The smallest absolute Gasteiger partial charge is 0.421 e. The van der Waals surface area contributed by atoms with Crippen molar-refractivity contribution in [2.45, 2.75) is 55.2 Å². The van der Waals surface area contributed by atoms with E-state index in [1.165, 1.54) is 23.6 Å². The van der Waals surface area contributed by atoms with Gasteiger partial charge in [-0.1, -0.05) is 0 Å². The van der Waals surface area contributed by atoms with Crippen LogP contribution in [-0.4, -0.2) is 54.6 Å². The molecule has 2 aliphatic heterocycles. The predicted octanol–water partition coefficient (Wildman–Crippen LogP) is 1.06. The van der Waals surface area contributed by atoms with Crippen LogP contribution in [0.3, 0.4) is 0 Å². The van der Waals surface area contributed by atoms with Crippen molar-refractivity contribution in [2.75, 3.05) is 0 Å². The lowest BCUT2D eigenvalue weighted by molar-refractivity contribution is -0.161. The number of aromatic nitrogens is 1. The summed E-state index contributed by atoms with van der Waals surface area (Å²) in [6.07, 6.45) is -3.25. The lowest BCUT2D eigenvalue weighted by Crippen LogP contribution is -2.71. The third kappa shape index (κ3) is 3.49. The maximum Gasteiger partial charge on any atom is 0.421 e. The van der Waals surface area contributed by atoms with Crippen molar-refractivity contribution in [1.82, 2.24) is 14.8 Å². The van der Waals surface area contributed by atoms with Gasteiger partial charge in [-0.05, 0) is 20.8 Å². The SMILES string of the molecule is CC(C(=O)N[C@@H]1C(=O)N2[C@@H]1SC(C)(C)[C@@H]2C(=O)O)n1ccc(=O)c(C(F)(F)F)c1. The number of hydrogen-bond acceptors (Lipinski definition) is 5. The topological polar surface area (TPSA) is 109 Å². The van der Waals surface area contributed by atoms with Gasteiger partial charge in [0, 0.05) is 23.2 Å². The fraction of sp³-hybridized carbons (Fsp3) is 0.529. The van der Waals surface area contributed by atoms with Crippen LogP contribution in [-0.2, 0) is 20.6 Å². The zero-order chi connectivity index (χ0) is 21.9. The number of carboxylic acids is 1. The molecule has 2 amide bonds. The van der Waals surface area contributed by atoms with Gasteiger partial charge in [0.1, 0.15) is 29.1 Å². The van der Waals surface area contributed by atoms with Gasteiger partial charge < -0.3 is 19.9 Å². The van der Waals surface area contributed by atoms with Gasteiger partial charge in [0.2, 0.25) is 11.8 Å². The summed E-state index contributed by atoms with van der Waals surface area (Å²) in [6, 6.07) is -2.42. The van der Waals surface area contributed by atoms with Gasteiger partial charge in [0.05, 0.1) is 0 Å². The van der Waals surface area contributed by atoms with Gasteiger partial charge in [0.25, 0.3) is 0 Å². The number of rotatable bonds is 4. The quantitative estimate of drug-likeness (QED) is 0.688.